The van der Waals surface area contributed by atoms with Crippen LogP contribution < -0.4 is 0 Å². The second kappa shape index (κ2) is 6.24. The van der Waals surface area contributed by atoms with E-state index >= 15 is 0 Å². The molecule has 0 bridgehead atoms. The molecule has 0 unspecified atom stereocenters. The Labute approximate surface area is 99.5 Å². The van der Waals surface area contributed by atoms with Crippen LogP contribution in [0.4, 0.5) is 0 Å². The molecule has 0 aliphatic carbocycles. The van der Waals surface area contributed by atoms with Gasteiger partial charge < -0.3 is 9.47 Å². The predicted octanol–water partition coefficient (Wildman–Crippen LogP) is 3.17. The Bertz CT molecular complexity index is 212. The summed E-state index contributed by atoms with van der Waals surface area (Å²) < 4.78 is 10.9. The van der Waals surface area contributed by atoms with E-state index in [0.29, 0.717) is 13.2 Å². The Morgan fingerprint density at radius 3 is 1.88 bits per heavy atom. The van der Waals surface area contributed by atoms with Gasteiger partial charge in [0.15, 0.2) is 0 Å². The minimum absolute atomic E-state index is 0.135. The first-order chi connectivity index (χ1) is 7.31. The van der Waals surface area contributed by atoms with E-state index in [2.05, 4.69) is 0 Å². The van der Waals surface area contributed by atoms with Crippen molar-refractivity contribution in [3.8, 4) is 0 Å². The standard InChI is InChI=1S/C13H26O3/c1-7-13(8-2,11(14)15-9-3)10-16-12(4,5)6/h7-10H2,1-6H3. The van der Waals surface area contributed by atoms with Crippen molar-refractivity contribution in [2.45, 2.75) is 60.0 Å². The molecule has 0 fully saturated rings. The number of carbonyl (C=O) groups is 1. The van der Waals surface area contributed by atoms with Crippen molar-refractivity contribution in [2.75, 3.05) is 13.2 Å². The summed E-state index contributed by atoms with van der Waals surface area (Å²) in [7, 11) is 0. The van der Waals surface area contributed by atoms with E-state index in [4.69, 9.17) is 9.47 Å². The predicted molar refractivity (Wildman–Crippen MR) is 65.4 cm³/mol. The molecule has 0 amide bonds. The van der Waals surface area contributed by atoms with Crippen LogP contribution in [0.1, 0.15) is 54.4 Å². The Kier molecular flexibility index (Phi) is 6.01. The van der Waals surface area contributed by atoms with E-state index in [9.17, 15) is 4.79 Å². The van der Waals surface area contributed by atoms with Gasteiger partial charge in [0.2, 0.25) is 0 Å². The molecule has 0 spiro atoms. The second-order valence-corrected chi connectivity index (χ2v) is 5.11. The molecule has 0 heterocycles. The molecule has 0 aliphatic rings. The maximum absolute atomic E-state index is 11.9. The van der Waals surface area contributed by atoms with Crippen molar-refractivity contribution in [1.29, 1.82) is 0 Å². The highest BCUT2D eigenvalue weighted by Gasteiger charge is 2.37. The van der Waals surface area contributed by atoms with Gasteiger partial charge in [0.1, 0.15) is 0 Å². The van der Waals surface area contributed by atoms with Gasteiger partial charge in [-0.05, 0) is 40.5 Å². The molecular formula is C13H26O3. The molecule has 0 saturated carbocycles. The minimum Gasteiger partial charge on any atom is -0.465 e. The van der Waals surface area contributed by atoms with Crippen molar-refractivity contribution >= 4 is 5.97 Å². The van der Waals surface area contributed by atoms with Gasteiger partial charge in [0.05, 0.1) is 24.2 Å². The van der Waals surface area contributed by atoms with Crippen molar-refractivity contribution in [1.82, 2.24) is 0 Å². The van der Waals surface area contributed by atoms with Crippen LogP contribution in [0.5, 0.6) is 0 Å². The van der Waals surface area contributed by atoms with Gasteiger partial charge in [-0.2, -0.15) is 0 Å². The van der Waals surface area contributed by atoms with Gasteiger partial charge in [-0.1, -0.05) is 13.8 Å². The van der Waals surface area contributed by atoms with Crippen molar-refractivity contribution < 1.29 is 14.3 Å². The van der Waals surface area contributed by atoms with E-state index in [1.54, 1.807) is 0 Å². The maximum atomic E-state index is 11.9. The van der Waals surface area contributed by atoms with Gasteiger partial charge >= 0.3 is 5.97 Å². The third kappa shape index (κ3) is 4.52. The lowest BCUT2D eigenvalue weighted by molar-refractivity contribution is -0.164. The van der Waals surface area contributed by atoms with Gasteiger partial charge in [-0.25, -0.2) is 0 Å². The summed E-state index contributed by atoms with van der Waals surface area (Å²) in [6.45, 7) is 12.7. The number of hydrogen-bond acceptors (Lipinski definition) is 3. The third-order valence-electron chi connectivity index (χ3n) is 2.84. The average molecular weight is 230 g/mol. The zero-order valence-corrected chi connectivity index (χ0v) is 11.6. The van der Waals surface area contributed by atoms with Crippen LogP contribution in [0.15, 0.2) is 0 Å². The van der Waals surface area contributed by atoms with Crippen LogP contribution in [0.2, 0.25) is 0 Å². The smallest absolute Gasteiger partial charge is 0.314 e. The second-order valence-electron chi connectivity index (χ2n) is 5.11. The fourth-order valence-electron chi connectivity index (χ4n) is 1.44. The van der Waals surface area contributed by atoms with E-state index in [0.717, 1.165) is 12.8 Å². The molecule has 3 heteroatoms. The zero-order chi connectivity index (χ0) is 12.8. The molecule has 0 N–H and O–H groups in total. The minimum atomic E-state index is -0.483. The summed E-state index contributed by atoms with van der Waals surface area (Å²) in [6.07, 6.45) is 1.50. The van der Waals surface area contributed by atoms with Crippen LogP contribution in [0, 0.1) is 5.41 Å². The monoisotopic (exact) mass is 230 g/mol. The molecule has 0 saturated heterocycles. The summed E-state index contributed by atoms with van der Waals surface area (Å²) in [6, 6.07) is 0. The van der Waals surface area contributed by atoms with E-state index in [1.807, 2.05) is 41.5 Å². The Morgan fingerprint density at radius 1 is 1.06 bits per heavy atom. The first kappa shape index (κ1) is 15.4. The summed E-state index contributed by atoms with van der Waals surface area (Å²) in [5.74, 6) is -0.135. The number of hydrogen-bond donors (Lipinski definition) is 0. The highest BCUT2D eigenvalue weighted by Crippen LogP contribution is 2.30. The molecule has 16 heavy (non-hydrogen) atoms. The SMILES string of the molecule is CCOC(=O)C(CC)(CC)COC(C)(C)C. The van der Waals surface area contributed by atoms with Crippen molar-refractivity contribution in [3.63, 3.8) is 0 Å². The molecular weight excluding hydrogens is 204 g/mol. The van der Waals surface area contributed by atoms with Crippen LogP contribution in [0.25, 0.3) is 0 Å². The Morgan fingerprint density at radius 2 is 1.56 bits per heavy atom. The highest BCUT2D eigenvalue weighted by molar-refractivity contribution is 5.76. The van der Waals surface area contributed by atoms with Crippen LogP contribution in [-0.2, 0) is 14.3 Å². The van der Waals surface area contributed by atoms with Crippen LogP contribution in [-0.4, -0.2) is 24.8 Å². The average Bonchev–Trinajstić information content (AvgIpc) is 2.19. The fraction of sp³-hybridized carbons (Fsp3) is 0.923. The summed E-state index contributed by atoms with van der Waals surface area (Å²) in [5.41, 5.74) is -0.703. The Hall–Kier alpha value is -0.570. The number of ether oxygens (including phenoxy) is 2. The molecule has 0 radical (unpaired) electrons. The van der Waals surface area contributed by atoms with Crippen molar-refractivity contribution in [2.24, 2.45) is 5.41 Å². The quantitative estimate of drug-likeness (QED) is 0.657. The number of rotatable bonds is 6. The summed E-state index contributed by atoms with van der Waals surface area (Å²) in [4.78, 5) is 11.9. The van der Waals surface area contributed by atoms with E-state index < -0.39 is 5.41 Å². The number of esters is 1. The molecule has 0 aromatic rings. The van der Waals surface area contributed by atoms with Gasteiger partial charge in [-0.3, -0.25) is 4.79 Å². The molecule has 0 rings (SSSR count). The topological polar surface area (TPSA) is 35.5 Å². The largest absolute Gasteiger partial charge is 0.465 e. The molecule has 0 aromatic carbocycles. The lowest BCUT2D eigenvalue weighted by atomic mass is 9.83. The van der Waals surface area contributed by atoms with E-state index in [-0.39, 0.29) is 11.6 Å². The molecule has 3 nitrogen and oxygen atoms in total. The van der Waals surface area contributed by atoms with Gasteiger partial charge in [0, 0.05) is 0 Å². The highest BCUT2D eigenvalue weighted by atomic mass is 16.5. The lowest BCUT2D eigenvalue weighted by Crippen LogP contribution is -2.39. The van der Waals surface area contributed by atoms with E-state index in [1.165, 1.54) is 0 Å². The fourth-order valence-corrected chi connectivity index (χ4v) is 1.44. The number of carbonyl (C=O) groups excluding carboxylic acids is 1. The zero-order valence-electron chi connectivity index (χ0n) is 11.6. The van der Waals surface area contributed by atoms with Crippen LogP contribution >= 0.6 is 0 Å². The Balaban J connectivity index is 4.62. The first-order valence-corrected chi connectivity index (χ1v) is 6.12. The lowest BCUT2D eigenvalue weighted by Gasteiger charge is -2.32. The summed E-state index contributed by atoms with van der Waals surface area (Å²) in [5, 5.41) is 0. The maximum Gasteiger partial charge on any atom is 0.314 e. The van der Waals surface area contributed by atoms with Gasteiger partial charge in [-0.15, -0.1) is 0 Å². The summed E-state index contributed by atoms with van der Waals surface area (Å²) >= 11 is 0. The van der Waals surface area contributed by atoms with Crippen molar-refractivity contribution in [3.05, 3.63) is 0 Å². The molecule has 0 aromatic heterocycles. The molecule has 0 aliphatic heterocycles. The normalized spacial score (nSPS) is 12.6. The molecule has 0 atom stereocenters. The molecule has 96 valence electrons. The van der Waals surface area contributed by atoms with Crippen LogP contribution in [0.3, 0.4) is 0 Å². The first-order valence-electron chi connectivity index (χ1n) is 6.12. The van der Waals surface area contributed by atoms with Gasteiger partial charge in [0.25, 0.3) is 0 Å². The third-order valence-corrected chi connectivity index (χ3v) is 2.84.